The molecular formula is C5H10O3Ti. The van der Waals surface area contributed by atoms with Crippen molar-refractivity contribution >= 4 is 6.29 Å². The molecule has 0 bridgehead atoms. The number of carbonyl (C=O) groups excluding carboxylic acids is 1. The van der Waals surface area contributed by atoms with Gasteiger partial charge in [0.2, 0.25) is 6.29 Å². The zero-order valence-corrected chi connectivity index (χ0v) is 7.15. The summed E-state index contributed by atoms with van der Waals surface area (Å²) >= 11 is 0. The Morgan fingerprint density at radius 2 is 2.22 bits per heavy atom. The minimum Gasteiger partial charge on any atom is -0.350 e. The molecule has 0 saturated heterocycles. The fourth-order valence-electron chi connectivity index (χ4n) is 0.327. The van der Waals surface area contributed by atoms with Crippen LogP contribution in [0.4, 0.5) is 0 Å². The average Bonchev–Trinajstić information content (AvgIpc) is 1.83. The molecule has 0 radical (unpaired) electrons. The van der Waals surface area contributed by atoms with Gasteiger partial charge in [-0.3, -0.25) is 4.79 Å². The van der Waals surface area contributed by atoms with Crippen LogP contribution in [0.2, 0.25) is 0 Å². The van der Waals surface area contributed by atoms with E-state index in [0.29, 0.717) is 12.9 Å². The Kier molecular flexibility index (Phi) is 11.1. The molecule has 1 atom stereocenters. The summed E-state index contributed by atoms with van der Waals surface area (Å²) in [4.78, 5) is 9.88. The predicted molar refractivity (Wildman–Crippen MR) is 28.5 cm³/mol. The minimum absolute atomic E-state index is 0. The van der Waals surface area contributed by atoms with Gasteiger partial charge in [0, 0.05) is 35.4 Å². The molecule has 4 heteroatoms. The maximum absolute atomic E-state index is 9.88. The Balaban J connectivity index is 0. The molecule has 9 heavy (non-hydrogen) atoms. The first kappa shape index (κ1) is 12.0. The Bertz CT molecular complexity index is 67.2. The van der Waals surface area contributed by atoms with E-state index >= 15 is 0 Å². The average molecular weight is 166 g/mol. The van der Waals surface area contributed by atoms with Crippen molar-refractivity contribution < 1.29 is 36.0 Å². The van der Waals surface area contributed by atoms with Gasteiger partial charge < -0.3 is 9.47 Å². The number of aldehydes is 1. The second-order valence-electron chi connectivity index (χ2n) is 1.20. The van der Waals surface area contributed by atoms with Crippen molar-refractivity contribution in [2.45, 2.75) is 13.2 Å². The van der Waals surface area contributed by atoms with E-state index in [4.69, 9.17) is 4.74 Å². The van der Waals surface area contributed by atoms with Gasteiger partial charge in [-0.15, -0.1) is 0 Å². The molecule has 1 unspecified atom stereocenters. The van der Waals surface area contributed by atoms with E-state index in [1.54, 1.807) is 6.92 Å². The molecule has 0 aromatic carbocycles. The van der Waals surface area contributed by atoms with Crippen LogP contribution in [0.15, 0.2) is 0 Å². The van der Waals surface area contributed by atoms with Crippen LogP contribution in [0.1, 0.15) is 6.92 Å². The van der Waals surface area contributed by atoms with E-state index in [-0.39, 0.29) is 21.7 Å². The summed E-state index contributed by atoms with van der Waals surface area (Å²) in [6.45, 7) is 2.30. The molecule has 0 heterocycles. The van der Waals surface area contributed by atoms with Gasteiger partial charge in [0.1, 0.15) is 0 Å². The van der Waals surface area contributed by atoms with Gasteiger partial charge in [0.25, 0.3) is 0 Å². The Hall–Kier alpha value is 0.304. The van der Waals surface area contributed by atoms with Gasteiger partial charge in [0.05, 0.1) is 0 Å². The fraction of sp³-hybridized carbons (Fsp3) is 0.800. The van der Waals surface area contributed by atoms with Crippen molar-refractivity contribution in [1.29, 1.82) is 0 Å². The molecule has 0 aliphatic heterocycles. The van der Waals surface area contributed by atoms with Gasteiger partial charge in [-0.2, -0.15) is 0 Å². The van der Waals surface area contributed by atoms with Crippen molar-refractivity contribution in [3.63, 3.8) is 0 Å². The van der Waals surface area contributed by atoms with E-state index in [1.807, 2.05) is 0 Å². The number of rotatable bonds is 4. The van der Waals surface area contributed by atoms with Gasteiger partial charge >= 0.3 is 0 Å². The maximum Gasteiger partial charge on any atom is 0.214 e. The molecule has 3 nitrogen and oxygen atoms in total. The molecule has 0 aromatic heterocycles. The van der Waals surface area contributed by atoms with E-state index in [2.05, 4.69) is 4.74 Å². The predicted octanol–water partition coefficient (Wildman–Crippen LogP) is 0.192. The molecule has 0 aliphatic carbocycles. The third-order valence-electron chi connectivity index (χ3n) is 0.674. The standard InChI is InChI=1S/C5H10O3.Ti/c1-3-8-5(4-6)7-2;/h4-5H,3H2,1-2H3;. The number of methoxy groups -OCH3 is 1. The summed E-state index contributed by atoms with van der Waals surface area (Å²) in [7, 11) is 1.43. The van der Waals surface area contributed by atoms with Gasteiger partial charge in [0.15, 0.2) is 6.29 Å². The van der Waals surface area contributed by atoms with Crippen LogP contribution in [0.5, 0.6) is 0 Å². The van der Waals surface area contributed by atoms with Crippen molar-refractivity contribution in [1.82, 2.24) is 0 Å². The van der Waals surface area contributed by atoms with Crippen LogP contribution in [0.3, 0.4) is 0 Å². The first-order valence-corrected chi connectivity index (χ1v) is 2.44. The monoisotopic (exact) mass is 166 g/mol. The van der Waals surface area contributed by atoms with Gasteiger partial charge in [-0.1, -0.05) is 0 Å². The first-order chi connectivity index (χ1) is 3.85. The summed E-state index contributed by atoms with van der Waals surface area (Å²) < 4.78 is 9.30. The van der Waals surface area contributed by atoms with E-state index < -0.39 is 6.29 Å². The minimum atomic E-state index is -0.681. The smallest absolute Gasteiger partial charge is 0.214 e. The van der Waals surface area contributed by atoms with Crippen LogP contribution in [0.25, 0.3) is 0 Å². The second kappa shape index (κ2) is 8.30. The largest absolute Gasteiger partial charge is 0.350 e. The van der Waals surface area contributed by atoms with Crippen LogP contribution < -0.4 is 0 Å². The summed E-state index contributed by atoms with van der Waals surface area (Å²) in [6, 6.07) is 0. The Morgan fingerprint density at radius 3 is 2.33 bits per heavy atom. The number of carbonyl (C=O) groups is 1. The molecular weight excluding hydrogens is 156 g/mol. The van der Waals surface area contributed by atoms with Crippen molar-refractivity contribution in [2.75, 3.05) is 13.7 Å². The van der Waals surface area contributed by atoms with Crippen LogP contribution in [0, 0.1) is 0 Å². The van der Waals surface area contributed by atoms with Crippen LogP contribution in [-0.2, 0) is 36.0 Å². The van der Waals surface area contributed by atoms with Crippen molar-refractivity contribution in [3.8, 4) is 0 Å². The molecule has 0 N–H and O–H groups in total. The summed E-state index contributed by atoms with van der Waals surface area (Å²) in [5.74, 6) is 0. The van der Waals surface area contributed by atoms with Gasteiger partial charge in [-0.25, -0.2) is 0 Å². The molecule has 0 aliphatic rings. The number of ether oxygens (including phenoxy) is 2. The normalized spacial score (nSPS) is 11.8. The number of hydrogen-bond acceptors (Lipinski definition) is 3. The molecule has 0 aromatic rings. The van der Waals surface area contributed by atoms with Crippen molar-refractivity contribution in [2.24, 2.45) is 0 Å². The summed E-state index contributed by atoms with van der Waals surface area (Å²) in [5, 5.41) is 0. The quantitative estimate of drug-likeness (QED) is 0.339. The SMILES string of the molecule is CCOC(C=O)OC.[Ti]. The van der Waals surface area contributed by atoms with Crippen molar-refractivity contribution in [3.05, 3.63) is 0 Å². The second-order valence-corrected chi connectivity index (χ2v) is 1.20. The molecule has 0 rings (SSSR count). The maximum atomic E-state index is 9.88. The zero-order chi connectivity index (χ0) is 6.41. The molecule has 0 fully saturated rings. The first-order valence-electron chi connectivity index (χ1n) is 2.44. The van der Waals surface area contributed by atoms with E-state index in [1.165, 1.54) is 7.11 Å². The van der Waals surface area contributed by atoms with E-state index in [9.17, 15) is 4.79 Å². The van der Waals surface area contributed by atoms with E-state index in [0.717, 1.165) is 0 Å². The fourth-order valence-corrected chi connectivity index (χ4v) is 0.327. The van der Waals surface area contributed by atoms with Crippen LogP contribution in [-0.4, -0.2) is 26.3 Å². The Labute approximate surface area is 69.6 Å². The Morgan fingerprint density at radius 1 is 1.67 bits per heavy atom. The summed E-state index contributed by atoms with van der Waals surface area (Å²) in [5.41, 5.74) is 0. The molecule has 0 amide bonds. The third kappa shape index (κ3) is 6.19. The zero-order valence-electron chi connectivity index (χ0n) is 5.59. The molecule has 0 saturated carbocycles. The molecule has 52 valence electrons. The topological polar surface area (TPSA) is 35.5 Å². The molecule has 0 spiro atoms. The number of hydrogen-bond donors (Lipinski definition) is 0. The van der Waals surface area contributed by atoms with Crippen LogP contribution >= 0.6 is 0 Å². The third-order valence-corrected chi connectivity index (χ3v) is 0.674. The van der Waals surface area contributed by atoms with Gasteiger partial charge in [-0.05, 0) is 6.92 Å². The summed E-state index contributed by atoms with van der Waals surface area (Å²) in [6.07, 6.45) is -0.0660.